The fourth-order valence-electron chi connectivity index (χ4n) is 3.08. The molecular weight excluding hydrogens is 366 g/mol. The number of carbonyl (C=O) groups excluding carboxylic acids is 2. The Hall–Kier alpha value is -2.71. The number of hydrogen-bond acceptors (Lipinski definition) is 4. The van der Waals surface area contributed by atoms with Gasteiger partial charge in [-0.3, -0.25) is 9.59 Å². The molecule has 0 spiro atoms. The maximum atomic E-state index is 12.8. The van der Waals surface area contributed by atoms with Crippen LogP contribution < -0.4 is 11.1 Å². The number of sulfonamides is 1. The van der Waals surface area contributed by atoms with Crippen LogP contribution in [-0.2, 0) is 14.8 Å². The van der Waals surface area contributed by atoms with Crippen molar-refractivity contribution in [3.05, 3.63) is 60.2 Å². The summed E-state index contributed by atoms with van der Waals surface area (Å²) in [5.74, 6) is -1.22. The molecule has 7 nitrogen and oxygen atoms in total. The molecule has 1 fully saturated rings. The van der Waals surface area contributed by atoms with Crippen LogP contribution in [-0.4, -0.2) is 37.6 Å². The molecule has 0 unspecified atom stereocenters. The first-order valence-electron chi connectivity index (χ1n) is 8.64. The Morgan fingerprint density at radius 3 is 2.33 bits per heavy atom. The van der Waals surface area contributed by atoms with E-state index >= 15 is 0 Å². The fraction of sp³-hybridized carbons (Fsp3) is 0.263. The van der Waals surface area contributed by atoms with Crippen molar-refractivity contribution in [1.29, 1.82) is 0 Å². The lowest BCUT2D eigenvalue weighted by molar-refractivity contribution is -0.120. The molecule has 0 saturated carbocycles. The molecule has 1 heterocycles. The number of nitrogens with one attached hydrogen (secondary N) is 1. The maximum Gasteiger partial charge on any atom is 0.248 e. The molecule has 0 aliphatic carbocycles. The van der Waals surface area contributed by atoms with E-state index in [9.17, 15) is 18.0 Å². The molecule has 2 aromatic rings. The number of primary amides is 1. The van der Waals surface area contributed by atoms with Gasteiger partial charge in [-0.1, -0.05) is 18.2 Å². The molecule has 1 atom stereocenters. The van der Waals surface area contributed by atoms with Crippen LogP contribution in [0.15, 0.2) is 59.5 Å². The Morgan fingerprint density at radius 1 is 1.04 bits per heavy atom. The molecule has 0 radical (unpaired) electrons. The predicted molar refractivity (Wildman–Crippen MR) is 102 cm³/mol. The number of hydrogen-bond donors (Lipinski definition) is 2. The van der Waals surface area contributed by atoms with Gasteiger partial charge in [-0.05, 0) is 49.2 Å². The SMILES string of the molecule is NC(=O)c1ccc(NC(=O)[C@H]2CCCN(S(=O)(=O)c3ccccc3)C2)cc1. The molecule has 2 aromatic carbocycles. The van der Waals surface area contributed by atoms with Crippen molar-refractivity contribution in [3.63, 3.8) is 0 Å². The van der Waals surface area contributed by atoms with Crippen LogP contribution in [0.1, 0.15) is 23.2 Å². The summed E-state index contributed by atoms with van der Waals surface area (Å²) in [7, 11) is -3.61. The van der Waals surface area contributed by atoms with E-state index in [1.165, 1.54) is 16.4 Å². The average molecular weight is 387 g/mol. The van der Waals surface area contributed by atoms with Crippen molar-refractivity contribution in [1.82, 2.24) is 4.31 Å². The summed E-state index contributed by atoms with van der Waals surface area (Å²) in [6.45, 7) is 0.538. The molecule has 0 aromatic heterocycles. The number of nitrogens with zero attached hydrogens (tertiary/aromatic N) is 1. The number of carbonyl (C=O) groups is 2. The van der Waals surface area contributed by atoms with E-state index in [0.29, 0.717) is 30.6 Å². The minimum Gasteiger partial charge on any atom is -0.366 e. The van der Waals surface area contributed by atoms with Gasteiger partial charge in [-0.15, -0.1) is 0 Å². The van der Waals surface area contributed by atoms with E-state index in [0.717, 1.165) is 0 Å². The second-order valence-electron chi connectivity index (χ2n) is 6.45. The zero-order chi connectivity index (χ0) is 19.4. The number of amides is 2. The minimum absolute atomic E-state index is 0.141. The van der Waals surface area contributed by atoms with Gasteiger partial charge in [0.2, 0.25) is 21.8 Å². The summed E-state index contributed by atoms with van der Waals surface area (Å²) in [5, 5.41) is 2.78. The smallest absolute Gasteiger partial charge is 0.248 e. The molecular formula is C19H21N3O4S. The summed E-state index contributed by atoms with van der Waals surface area (Å²) in [4.78, 5) is 23.9. The Balaban J connectivity index is 1.68. The standard InChI is InChI=1S/C19H21N3O4S/c20-18(23)14-8-10-16(11-9-14)21-19(24)15-5-4-12-22(13-15)27(25,26)17-6-2-1-3-7-17/h1-3,6-11,15H,4-5,12-13H2,(H2,20,23)(H,21,24)/t15-/m0/s1. The van der Waals surface area contributed by atoms with Crippen molar-refractivity contribution < 1.29 is 18.0 Å². The van der Waals surface area contributed by atoms with Crippen LogP contribution in [0, 0.1) is 5.92 Å². The number of nitrogens with two attached hydrogens (primary N) is 1. The molecule has 1 aliphatic rings. The quantitative estimate of drug-likeness (QED) is 0.815. The second kappa shape index (κ2) is 7.89. The van der Waals surface area contributed by atoms with E-state index in [-0.39, 0.29) is 17.3 Å². The normalized spacial score (nSPS) is 18.0. The number of piperidine rings is 1. The number of benzene rings is 2. The molecule has 2 amide bonds. The van der Waals surface area contributed by atoms with Gasteiger partial charge in [0.15, 0.2) is 0 Å². The van der Waals surface area contributed by atoms with E-state index < -0.39 is 21.8 Å². The van der Waals surface area contributed by atoms with Crippen molar-refractivity contribution in [2.45, 2.75) is 17.7 Å². The van der Waals surface area contributed by atoms with E-state index in [1.807, 2.05) is 0 Å². The highest BCUT2D eigenvalue weighted by Crippen LogP contribution is 2.24. The molecule has 0 bridgehead atoms. The average Bonchev–Trinajstić information content (AvgIpc) is 2.69. The second-order valence-corrected chi connectivity index (χ2v) is 8.38. The summed E-state index contributed by atoms with van der Waals surface area (Å²) in [6, 6.07) is 14.5. The van der Waals surface area contributed by atoms with Crippen molar-refractivity contribution >= 4 is 27.5 Å². The molecule has 142 valence electrons. The van der Waals surface area contributed by atoms with Gasteiger partial charge in [-0.25, -0.2) is 8.42 Å². The monoisotopic (exact) mass is 387 g/mol. The zero-order valence-electron chi connectivity index (χ0n) is 14.7. The third kappa shape index (κ3) is 4.35. The highest BCUT2D eigenvalue weighted by molar-refractivity contribution is 7.89. The lowest BCUT2D eigenvalue weighted by Gasteiger charge is -2.31. The van der Waals surface area contributed by atoms with Crippen LogP contribution in [0.5, 0.6) is 0 Å². The van der Waals surface area contributed by atoms with E-state index in [2.05, 4.69) is 5.32 Å². The highest BCUT2D eigenvalue weighted by atomic mass is 32.2. The van der Waals surface area contributed by atoms with Crippen molar-refractivity contribution in [2.24, 2.45) is 11.7 Å². The molecule has 27 heavy (non-hydrogen) atoms. The predicted octanol–water partition coefficient (Wildman–Crippen LogP) is 1.82. The van der Waals surface area contributed by atoms with Gasteiger partial charge in [0.25, 0.3) is 0 Å². The van der Waals surface area contributed by atoms with Gasteiger partial charge in [-0.2, -0.15) is 4.31 Å². The Bertz CT molecular complexity index is 927. The summed E-state index contributed by atoms with van der Waals surface area (Å²) in [5.41, 5.74) is 6.09. The summed E-state index contributed by atoms with van der Waals surface area (Å²) in [6.07, 6.45) is 1.23. The highest BCUT2D eigenvalue weighted by Gasteiger charge is 2.33. The summed E-state index contributed by atoms with van der Waals surface area (Å²) >= 11 is 0. The minimum atomic E-state index is -3.61. The lowest BCUT2D eigenvalue weighted by Crippen LogP contribution is -2.43. The number of rotatable bonds is 5. The van der Waals surface area contributed by atoms with Crippen LogP contribution in [0.3, 0.4) is 0 Å². The van der Waals surface area contributed by atoms with E-state index in [4.69, 9.17) is 5.73 Å². The van der Waals surface area contributed by atoms with Crippen molar-refractivity contribution in [3.8, 4) is 0 Å². The van der Waals surface area contributed by atoms with Crippen LogP contribution in [0.25, 0.3) is 0 Å². The molecule has 1 aliphatic heterocycles. The topological polar surface area (TPSA) is 110 Å². The first kappa shape index (κ1) is 19.1. The Labute approximate surface area is 158 Å². The Kier molecular flexibility index (Phi) is 5.57. The van der Waals surface area contributed by atoms with Gasteiger partial charge in [0.05, 0.1) is 10.8 Å². The first-order chi connectivity index (χ1) is 12.9. The van der Waals surface area contributed by atoms with Crippen molar-refractivity contribution in [2.75, 3.05) is 18.4 Å². The van der Waals surface area contributed by atoms with Crippen LogP contribution in [0.4, 0.5) is 5.69 Å². The van der Waals surface area contributed by atoms with Gasteiger partial charge >= 0.3 is 0 Å². The third-order valence-electron chi connectivity index (χ3n) is 4.57. The Morgan fingerprint density at radius 2 is 1.70 bits per heavy atom. The van der Waals surface area contributed by atoms with Crippen LogP contribution >= 0.6 is 0 Å². The number of anilines is 1. The van der Waals surface area contributed by atoms with Gasteiger partial charge in [0.1, 0.15) is 0 Å². The third-order valence-corrected chi connectivity index (χ3v) is 6.45. The lowest BCUT2D eigenvalue weighted by atomic mass is 9.98. The fourth-order valence-corrected chi connectivity index (χ4v) is 4.62. The van der Waals surface area contributed by atoms with Crippen LogP contribution in [0.2, 0.25) is 0 Å². The van der Waals surface area contributed by atoms with E-state index in [1.54, 1.807) is 42.5 Å². The molecule has 8 heteroatoms. The van der Waals surface area contributed by atoms with Gasteiger partial charge < -0.3 is 11.1 Å². The maximum absolute atomic E-state index is 12.8. The summed E-state index contributed by atoms with van der Waals surface area (Å²) < 4.78 is 26.9. The molecule has 3 N–H and O–H groups in total. The molecule has 1 saturated heterocycles. The van der Waals surface area contributed by atoms with Gasteiger partial charge in [0, 0.05) is 24.3 Å². The first-order valence-corrected chi connectivity index (χ1v) is 10.1. The largest absolute Gasteiger partial charge is 0.366 e. The zero-order valence-corrected chi connectivity index (χ0v) is 15.5. The molecule has 3 rings (SSSR count).